The van der Waals surface area contributed by atoms with Gasteiger partial charge in [0.2, 0.25) is 0 Å². The van der Waals surface area contributed by atoms with Crippen LogP contribution in [0.25, 0.3) is 0 Å². The van der Waals surface area contributed by atoms with Crippen LogP contribution in [0.15, 0.2) is 47.7 Å². The number of anilines is 1. The Hall–Kier alpha value is -2.76. The normalized spacial score (nSPS) is 14.9. The zero-order chi connectivity index (χ0) is 16.8. The smallest absolute Gasteiger partial charge is 0.128 e. The molecule has 24 heavy (non-hydrogen) atoms. The lowest BCUT2D eigenvalue weighted by atomic mass is 10.2. The number of hydrogen-bond donors (Lipinski definition) is 0. The maximum absolute atomic E-state index is 5.38. The molecule has 0 radical (unpaired) electrons. The molecule has 1 aliphatic heterocycles. The van der Waals surface area contributed by atoms with Crippen molar-refractivity contribution in [2.75, 3.05) is 45.3 Å². The summed E-state index contributed by atoms with van der Waals surface area (Å²) in [7, 11) is 3.31. The second-order valence-corrected chi connectivity index (χ2v) is 5.48. The first-order valence-corrected chi connectivity index (χ1v) is 7.97. The van der Waals surface area contributed by atoms with Crippen molar-refractivity contribution >= 4 is 12.0 Å². The molecule has 1 saturated heterocycles. The lowest BCUT2D eigenvalue weighted by molar-refractivity contribution is 0.271. The van der Waals surface area contributed by atoms with Gasteiger partial charge in [0.1, 0.15) is 17.3 Å². The minimum Gasteiger partial charge on any atom is -0.497 e. The van der Waals surface area contributed by atoms with Gasteiger partial charge in [-0.2, -0.15) is 5.10 Å². The van der Waals surface area contributed by atoms with E-state index in [1.807, 2.05) is 48.8 Å². The highest BCUT2D eigenvalue weighted by molar-refractivity contribution is 5.84. The molecular weight excluding hydrogens is 304 g/mol. The van der Waals surface area contributed by atoms with Crippen LogP contribution in [0, 0.1) is 0 Å². The number of nitrogens with zero attached hydrogens (tertiary/aromatic N) is 4. The molecule has 0 spiro atoms. The Morgan fingerprint density at radius 2 is 1.88 bits per heavy atom. The second kappa shape index (κ2) is 7.68. The third kappa shape index (κ3) is 3.76. The summed E-state index contributed by atoms with van der Waals surface area (Å²) in [6.07, 6.45) is 3.66. The SMILES string of the molecule is COc1ccc(OC)c(/C=N/N2CCN(c3ccccn3)CC2)c1. The molecule has 0 bridgehead atoms. The predicted molar refractivity (Wildman–Crippen MR) is 95.2 cm³/mol. The quantitative estimate of drug-likeness (QED) is 0.789. The van der Waals surface area contributed by atoms with Crippen molar-refractivity contribution in [2.24, 2.45) is 5.10 Å². The van der Waals surface area contributed by atoms with Crippen molar-refractivity contribution in [3.8, 4) is 11.5 Å². The fourth-order valence-corrected chi connectivity index (χ4v) is 2.67. The summed E-state index contributed by atoms with van der Waals surface area (Å²) < 4.78 is 10.6. The van der Waals surface area contributed by atoms with Crippen molar-refractivity contribution in [1.29, 1.82) is 0 Å². The van der Waals surface area contributed by atoms with Crippen LogP contribution < -0.4 is 14.4 Å². The lowest BCUT2D eigenvalue weighted by Gasteiger charge is -2.33. The number of hydrogen-bond acceptors (Lipinski definition) is 6. The van der Waals surface area contributed by atoms with E-state index in [2.05, 4.69) is 20.0 Å². The van der Waals surface area contributed by atoms with Gasteiger partial charge < -0.3 is 14.4 Å². The van der Waals surface area contributed by atoms with E-state index in [-0.39, 0.29) is 0 Å². The van der Waals surface area contributed by atoms with Gasteiger partial charge in [-0.1, -0.05) is 6.07 Å². The summed E-state index contributed by atoms with van der Waals surface area (Å²) in [5.41, 5.74) is 0.906. The Morgan fingerprint density at radius 1 is 1.04 bits per heavy atom. The largest absolute Gasteiger partial charge is 0.497 e. The van der Waals surface area contributed by atoms with E-state index in [1.165, 1.54) is 0 Å². The van der Waals surface area contributed by atoms with Gasteiger partial charge in [-0.15, -0.1) is 0 Å². The van der Waals surface area contributed by atoms with Crippen LogP contribution >= 0.6 is 0 Å². The van der Waals surface area contributed by atoms with Gasteiger partial charge in [-0.3, -0.25) is 5.01 Å². The second-order valence-electron chi connectivity index (χ2n) is 5.48. The number of pyridine rings is 1. The molecular formula is C18H22N4O2. The molecule has 0 atom stereocenters. The molecule has 0 saturated carbocycles. The molecule has 1 aromatic carbocycles. The minimum atomic E-state index is 0.784. The number of aromatic nitrogens is 1. The molecule has 1 aliphatic rings. The fourth-order valence-electron chi connectivity index (χ4n) is 2.67. The average molecular weight is 326 g/mol. The van der Waals surface area contributed by atoms with Gasteiger partial charge in [-0.05, 0) is 30.3 Å². The fraction of sp³-hybridized carbons (Fsp3) is 0.333. The molecule has 3 rings (SSSR count). The monoisotopic (exact) mass is 326 g/mol. The zero-order valence-corrected chi connectivity index (χ0v) is 14.1. The van der Waals surface area contributed by atoms with Crippen LogP contribution in [0.1, 0.15) is 5.56 Å². The van der Waals surface area contributed by atoms with Gasteiger partial charge in [0.15, 0.2) is 0 Å². The number of rotatable bonds is 5. The van der Waals surface area contributed by atoms with E-state index < -0.39 is 0 Å². The van der Waals surface area contributed by atoms with E-state index >= 15 is 0 Å². The van der Waals surface area contributed by atoms with E-state index in [0.717, 1.165) is 49.1 Å². The van der Waals surface area contributed by atoms with E-state index in [0.29, 0.717) is 0 Å². The molecule has 1 fully saturated rings. The standard InChI is InChI=1S/C18H22N4O2/c1-23-16-6-7-17(24-2)15(13-16)14-20-22-11-9-21(10-12-22)18-5-3-4-8-19-18/h3-8,13-14H,9-12H2,1-2H3/b20-14+. The van der Waals surface area contributed by atoms with Gasteiger partial charge in [0.25, 0.3) is 0 Å². The topological polar surface area (TPSA) is 50.2 Å². The highest BCUT2D eigenvalue weighted by Crippen LogP contribution is 2.22. The van der Waals surface area contributed by atoms with E-state index in [4.69, 9.17) is 9.47 Å². The first kappa shape index (κ1) is 16.1. The zero-order valence-electron chi connectivity index (χ0n) is 14.1. The van der Waals surface area contributed by atoms with E-state index in [1.54, 1.807) is 14.2 Å². The average Bonchev–Trinajstić information content (AvgIpc) is 2.67. The molecule has 126 valence electrons. The number of ether oxygens (including phenoxy) is 2. The Morgan fingerprint density at radius 3 is 2.54 bits per heavy atom. The van der Waals surface area contributed by atoms with Crippen LogP contribution in [-0.4, -0.2) is 56.6 Å². The summed E-state index contributed by atoms with van der Waals surface area (Å²) in [6, 6.07) is 11.7. The molecule has 2 aromatic rings. The first-order valence-electron chi connectivity index (χ1n) is 7.97. The number of benzene rings is 1. The van der Waals surface area contributed by atoms with Crippen molar-refractivity contribution in [1.82, 2.24) is 9.99 Å². The maximum Gasteiger partial charge on any atom is 0.128 e. The van der Waals surface area contributed by atoms with Gasteiger partial charge in [-0.25, -0.2) is 4.98 Å². The van der Waals surface area contributed by atoms with Crippen molar-refractivity contribution < 1.29 is 9.47 Å². The molecule has 2 heterocycles. The van der Waals surface area contributed by atoms with E-state index in [9.17, 15) is 0 Å². The van der Waals surface area contributed by atoms with Gasteiger partial charge >= 0.3 is 0 Å². The molecule has 6 heteroatoms. The molecule has 6 nitrogen and oxygen atoms in total. The van der Waals surface area contributed by atoms with Crippen molar-refractivity contribution in [3.63, 3.8) is 0 Å². The number of methoxy groups -OCH3 is 2. The first-order chi connectivity index (χ1) is 11.8. The Kier molecular flexibility index (Phi) is 5.15. The summed E-state index contributed by atoms with van der Waals surface area (Å²) in [5.74, 6) is 2.60. The summed E-state index contributed by atoms with van der Waals surface area (Å²) in [4.78, 5) is 6.68. The highest BCUT2D eigenvalue weighted by Gasteiger charge is 2.16. The number of piperazine rings is 1. The maximum atomic E-state index is 5.38. The summed E-state index contributed by atoms with van der Waals surface area (Å²) in [6.45, 7) is 3.53. The predicted octanol–water partition coefficient (Wildman–Crippen LogP) is 2.25. The minimum absolute atomic E-state index is 0.784. The van der Waals surface area contributed by atoms with Crippen LogP contribution in [0.2, 0.25) is 0 Å². The van der Waals surface area contributed by atoms with Crippen molar-refractivity contribution in [3.05, 3.63) is 48.2 Å². The third-order valence-corrected chi connectivity index (χ3v) is 4.03. The highest BCUT2D eigenvalue weighted by atomic mass is 16.5. The van der Waals surface area contributed by atoms with Crippen LogP contribution in [-0.2, 0) is 0 Å². The Labute approximate surface area is 142 Å². The Bertz CT molecular complexity index is 683. The van der Waals surface area contributed by atoms with Gasteiger partial charge in [0.05, 0.1) is 33.5 Å². The summed E-state index contributed by atoms with van der Waals surface area (Å²) >= 11 is 0. The van der Waals surface area contributed by atoms with Gasteiger partial charge in [0, 0.05) is 24.8 Å². The lowest BCUT2D eigenvalue weighted by Crippen LogP contribution is -2.44. The molecule has 0 unspecified atom stereocenters. The third-order valence-electron chi connectivity index (χ3n) is 4.03. The molecule has 1 aromatic heterocycles. The number of hydrazone groups is 1. The van der Waals surface area contributed by atoms with Crippen LogP contribution in [0.4, 0.5) is 5.82 Å². The van der Waals surface area contributed by atoms with Crippen molar-refractivity contribution in [2.45, 2.75) is 0 Å². The molecule has 0 N–H and O–H groups in total. The summed E-state index contributed by atoms with van der Waals surface area (Å²) in [5, 5.41) is 6.66. The Balaban J connectivity index is 1.63. The van der Waals surface area contributed by atoms with Crippen LogP contribution in [0.3, 0.4) is 0 Å². The van der Waals surface area contributed by atoms with Crippen LogP contribution in [0.5, 0.6) is 11.5 Å². The molecule has 0 amide bonds. The molecule has 0 aliphatic carbocycles.